The maximum absolute atomic E-state index is 4.05. The van der Waals surface area contributed by atoms with Gasteiger partial charge < -0.3 is 0 Å². The molecule has 0 N–H and O–H groups in total. The highest BCUT2D eigenvalue weighted by Gasteiger charge is 2.20. The monoisotopic (exact) mass is 268 g/mol. The van der Waals surface area contributed by atoms with Crippen LogP contribution in [0.1, 0.15) is 26.5 Å². The first kappa shape index (κ1) is 8.39. The molecular formula is C6H9IN2S. The van der Waals surface area contributed by atoms with Gasteiger partial charge in [-0.1, -0.05) is 25.3 Å². The third-order valence-electron chi connectivity index (χ3n) is 1.16. The van der Waals surface area contributed by atoms with E-state index in [0.717, 1.165) is 5.69 Å². The van der Waals surface area contributed by atoms with Crippen molar-refractivity contribution in [2.45, 2.75) is 26.2 Å². The molecule has 0 saturated carbocycles. The predicted molar refractivity (Wildman–Crippen MR) is 51.3 cm³/mol. The van der Waals surface area contributed by atoms with E-state index >= 15 is 0 Å². The fourth-order valence-corrected chi connectivity index (χ4v) is 2.43. The number of rotatable bonds is 0. The van der Waals surface area contributed by atoms with Gasteiger partial charge >= 0.3 is 0 Å². The van der Waals surface area contributed by atoms with Gasteiger partial charge in [0.05, 0.1) is 5.69 Å². The molecule has 10 heavy (non-hydrogen) atoms. The molecule has 4 heteroatoms. The van der Waals surface area contributed by atoms with E-state index < -0.39 is 0 Å². The van der Waals surface area contributed by atoms with E-state index in [1.54, 1.807) is 0 Å². The maximum Gasteiger partial charge on any atom is 0.110 e. The van der Waals surface area contributed by atoms with Crippen molar-refractivity contribution >= 4 is 34.1 Å². The summed E-state index contributed by atoms with van der Waals surface area (Å²) in [5.41, 5.74) is 1.25. The number of aromatic nitrogens is 2. The van der Waals surface area contributed by atoms with Crippen molar-refractivity contribution in [2.75, 3.05) is 0 Å². The fraction of sp³-hybridized carbons (Fsp3) is 0.667. The minimum absolute atomic E-state index is 0.142. The van der Waals surface area contributed by atoms with E-state index in [9.17, 15) is 0 Å². The van der Waals surface area contributed by atoms with Crippen LogP contribution < -0.4 is 0 Å². The van der Waals surface area contributed by atoms with Gasteiger partial charge in [-0.25, -0.2) is 0 Å². The van der Waals surface area contributed by atoms with Crippen LogP contribution in [0.25, 0.3) is 0 Å². The largest absolute Gasteiger partial charge is 0.141 e. The second kappa shape index (κ2) is 2.73. The first-order valence-electron chi connectivity index (χ1n) is 3.00. The second-order valence-electron chi connectivity index (χ2n) is 3.15. The van der Waals surface area contributed by atoms with Crippen LogP contribution in [-0.4, -0.2) is 9.59 Å². The van der Waals surface area contributed by atoms with Crippen LogP contribution in [0.15, 0.2) is 0 Å². The van der Waals surface area contributed by atoms with Crippen molar-refractivity contribution in [1.82, 2.24) is 9.59 Å². The maximum atomic E-state index is 4.05. The lowest BCUT2D eigenvalue weighted by Gasteiger charge is -2.14. The van der Waals surface area contributed by atoms with Gasteiger partial charge in [0.1, 0.15) is 2.88 Å². The van der Waals surface area contributed by atoms with Crippen LogP contribution in [0.4, 0.5) is 0 Å². The van der Waals surface area contributed by atoms with Gasteiger partial charge in [-0.3, -0.25) is 0 Å². The summed E-state index contributed by atoms with van der Waals surface area (Å²) in [6.45, 7) is 6.43. The molecule has 0 saturated heterocycles. The Morgan fingerprint density at radius 1 is 1.40 bits per heavy atom. The van der Waals surface area contributed by atoms with E-state index in [1.165, 1.54) is 14.4 Å². The van der Waals surface area contributed by atoms with E-state index in [-0.39, 0.29) is 5.41 Å². The van der Waals surface area contributed by atoms with Crippen LogP contribution in [0.3, 0.4) is 0 Å². The lowest BCUT2D eigenvalue weighted by atomic mass is 9.94. The van der Waals surface area contributed by atoms with Crippen molar-refractivity contribution in [3.8, 4) is 0 Å². The lowest BCUT2D eigenvalue weighted by molar-refractivity contribution is 0.563. The third-order valence-corrected chi connectivity index (χ3v) is 2.78. The molecule has 0 aliphatic heterocycles. The highest BCUT2D eigenvalue weighted by molar-refractivity contribution is 14.1. The molecule has 1 aromatic heterocycles. The molecule has 1 heterocycles. The smallest absolute Gasteiger partial charge is 0.110 e. The fourth-order valence-electron chi connectivity index (χ4n) is 0.624. The molecule has 0 aliphatic rings. The minimum atomic E-state index is 0.142. The van der Waals surface area contributed by atoms with E-state index in [1.807, 2.05) is 0 Å². The van der Waals surface area contributed by atoms with Crippen LogP contribution in [0, 0.1) is 2.88 Å². The molecule has 0 aromatic carbocycles. The first-order valence-corrected chi connectivity index (χ1v) is 4.85. The first-order chi connectivity index (χ1) is 4.52. The molecule has 1 aromatic rings. The highest BCUT2D eigenvalue weighted by atomic mass is 127. The molecule has 0 atom stereocenters. The van der Waals surface area contributed by atoms with Crippen molar-refractivity contribution in [3.05, 3.63) is 8.58 Å². The molecule has 0 aliphatic carbocycles. The second-order valence-corrected chi connectivity index (χ2v) is 5.71. The van der Waals surface area contributed by atoms with Gasteiger partial charge in [-0.15, -0.1) is 5.10 Å². The molecule has 0 spiro atoms. The Hall–Kier alpha value is 0.290. The highest BCUT2D eigenvalue weighted by Crippen LogP contribution is 2.26. The van der Waals surface area contributed by atoms with Gasteiger partial charge in [0.25, 0.3) is 0 Å². The standard InChI is InChI=1S/C6H9IN2S/c1-6(2,3)4-5(7)10-9-8-4/h1-3H3. The summed E-state index contributed by atoms with van der Waals surface area (Å²) >= 11 is 3.73. The number of hydrogen-bond acceptors (Lipinski definition) is 3. The van der Waals surface area contributed by atoms with Crippen LogP contribution in [0.5, 0.6) is 0 Å². The summed E-state index contributed by atoms with van der Waals surface area (Å²) in [6, 6.07) is 0. The molecule has 0 amide bonds. The van der Waals surface area contributed by atoms with Crippen LogP contribution in [0.2, 0.25) is 0 Å². The van der Waals surface area contributed by atoms with Gasteiger partial charge in [0.15, 0.2) is 0 Å². The Morgan fingerprint density at radius 3 is 2.20 bits per heavy atom. The van der Waals surface area contributed by atoms with Crippen molar-refractivity contribution in [1.29, 1.82) is 0 Å². The minimum Gasteiger partial charge on any atom is -0.141 e. The number of halogens is 1. The molecule has 2 nitrogen and oxygen atoms in total. The Bertz CT molecular complexity index is 226. The predicted octanol–water partition coefficient (Wildman–Crippen LogP) is 2.44. The van der Waals surface area contributed by atoms with Crippen molar-refractivity contribution in [2.24, 2.45) is 0 Å². The van der Waals surface area contributed by atoms with Crippen molar-refractivity contribution < 1.29 is 0 Å². The average molecular weight is 268 g/mol. The number of nitrogens with zero attached hydrogens (tertiary/aromatic N) is 2. The van der Waals surface area contributed by atoms with E-state index in [2.05, 4.69) is 52.9 Å². The van der Waals surface area contributed by atoms with Crippen molar-refractivity contribution in [3.63, 3.8) is 0 Å². The van der Waals surface area contributed by atoms with E-state index in [4.69, 9.17) is 0 Å². The molecular weight excluding hydrogens is 259 g/mol. The van der Waals surface area contributed by atoms with Gasteiger partial charge in [0, 0.05) is 5.41 Å². The molecule has 56 valence electrons. The SMILES string of the molecule is CC(C)(C)c1nnsc1I. The number of hydrogen-bond donors (Lipinski definition) is 0. The summed E-state index contributed by atoms with van der Waals surface area (Å²) in [7, 11) is 0. The Balaban J connectivity index is 3.05. The molecule has 1 rings (SSSR count). The zero-order valence-corrected chi connectivity index (χ0v) is 9.15. The van der Waals surface area contributed by atoms with Gasteiger partial charge in [-0.05, 0) is 34.1 Å². The molecule has 0 radical (unpaired) electrons. The third kappa shape index (κ3) is 1.66. The average Bonchev–Trinajstić information content (AvgIpc) is 2.11. The topological polar surface area (TPSA) is 25.8 Å². The van der Waals surface area contributed by atoms with Crippen LogP contribution in [-0.2, 0) is 5.41 Å². The lowest BCUT2D eigenvalue weighted by Crippen LogP contribution is -2.12. The zero-order chi connectivity index (χ0) is 7.78. The normalized spacial score (nSPS) is 12.0. The summed E-state index contributed by atoms with van der Waals surface area (Å²) in [4.78, 5) is 0. The molecule has 0 bridgehead atoms. The van der Waals surface area contributed by atoms with Gasteiger partial charge in [0.2, 0.25) is 0 Å². The summed E-state index contributed by atoms with van der Waals surface area (Å²) in [6.07, 6.45) is 0. The molecule has 0 fully saturated rings. The molecule has 0 unspecified atom stereocenters. The zero-order valence-electron chi connectivity index (χ0n) is 6.18. The Kier molecular flexibility index (Phi) is 2.29. The Morgan fingerprint density at radius 2 is 2.00 bits per heavy atom. The van der Waals surface area contributed by atoms with Crippen LogP contribution >= 0.6 is 34.1 Å². The van der Waals surface area contributed by atoms with E-state index in [0.29, 0.717) is 0 Å². The quantitative estimate of drug-likeness (QED) is 0.675. The summed E-state index contributed by atoms with van der Waals surface area (Å²) < 4.78 is 5.07. The van der Waals surface area contributed by atoms with Gasteiger partial charge in [-0.2, -0.15) is 0 Å². The summed E-state index contributed by atoms with van der Waals surface area (Å²) in [5, 5.41) is 4.05. The summed E-state index contributed by atoms with van der Waals surface area (Å²) in [5.74, 6) is 0. The Labute approximate surface area is 78.3 Å².